The molecule has 0 bridgehead atoms. The van der Waals surface area contributed by atoms with Crippen molar-refractivity contribution in [3.05, 3.63) is 30.1 Å². The van der Waals surface area contributed by atoms with Crippen molar-refractivity contribution in [2.24, 2.45) is 0 Å². The number of carbonyl (C=O) groups excluding carboxylic acids is 1. The van der Waals surface area contributed by atoms with Crippen LogP contribution in [-0.2, 0) is 11.3 Å². The average Bonchev–Trinajstić information content (AvgIpc) is 2.84. The Bertz CT molecular complexity index is 655. The SMILES string of the molecule is Cc1nc2ccccc2n1CC(=O)NCCN1CCNCC1.Cl.Cl. The number of fused-ring (bicyclic) bond motifs is 1. The Labute approximate surface area is 154 Å². The van der Waals surface area contributed by atoms with Crippen molar-refractivity contribution >= 4 is 41.8 Å². The second kappa shape index (κ2) is 9.84. The van der Waals surface area contributed by atoms with Crippen molar-refractivity contribution in [3.8, 4) is 0 Å². The van der Waals surface area contributed by atoms with Crippen LogP contribution in [0.2, 0.25) is 0 Å². The molecule has 6 nitrogen and oxygen atoms in total. The van der Waals surface area contributed by atoms with Gasteiger partial charge in [0.25, 0.3) is 0 Å². The Morgan fingerprint density at radius 1 is 1.25 bits per heavy atom. The lowest BCUT2D eigenvalue weighted by atomic mass is 10.3. The van der Waals surface area contributed by atoms with E-state index in [0.717, 1.165) is 49.6 Å². The second-order valence-corrected chi connectivity index (χ2v) is 5.68. The molecular weight excluding hydrogens is 349 g/mol. The molecule has 2 heterocycles. The number of hydrogen-bond donors (Lipinski definition) is 2. The van der Waals surface area contributed by atoms with Gasteiger partial charge in [-0.25, -0.2) is 4.98 Å². The van der Waals surface area contributed by atoms with Crippen LogP contribution in [0.3, 0.4) is 0 Å². The molecule has 0 unspecified atom stereocenters. The van der Waals surface area contributed by atoms with Crippen molar-refractivity contribution in [3.63, 3.8) is 0 Å². The fourth-order valence-electron chi connectivity index (χ4n) is 2.88. The molecule has 0 spiro atoms. The third-order valence-corrected chi connectivity index (χ3v) is 4.11. The first-order valence-electron chi connectivity index (χ1n) is 7.86. The first kappa shape index (κ1) is 20.7. The van der Waals surface area contributed by atoms with E-state index in [2.05, 4.69) is 20.5 Å². The number of amides is 1. The van der Waals surface area contributed by atoms with Crippen LogP contribution in [0.5, 0.6) is 0 Å². The highest BCUT2D eigenvalue weighted by atomic mass is 35.5. The van der Waals surface area contributed by atoms with Gasteiger partial charge >= 0.3 is 0 Å². The molecule has 3 rings (SSSR count). The van der Waals surface area contributed by atoms with Crippen molar-refractivity contribution in [1.29, 1.82) is 0 Å². The fraction of sp³-hybridized carbons (Fsp3) is 0.500. The molecule has 24 heavy (non-hydrogen) atoms. The van der Waals surface area contributed by atoms with Crippen molar-refractivity contribution in [2.75, 3.05) is 39.3 Å². The molecule has 1 aliphatic rings. The van der Waals surface area contributed by atoms with E-state index in [-0.39, 0.29) is 30.7 Å². The summed E-state index contributed by atoms with van der Waals surface area (Å²) in [6.45, 7) is 8.06. The number of hydrogen-bond acceptors (Lipinski definition) is 4. The van der Waals surface area contributed by atoms with Crippen LogP contribution in [0.1, 0.15) is 5.82 Å². The average molecular weight is 374 g/mol. The molecule has 0 saturated carbocycles. The maximum Gasteiger partial charge on any atom is 0.240 e. The molecule has 1 aliphatic heterocycles. The van der Waals surface area contributed by atoms with E-state index < -0.39 is 0 Å². The van der Waals surface area contributed by atoms with Crippen LogP contribution in [0.25, 0.3) is 11.0 Å². The maximum absolute atomic E-state index is 12.2. The van der Waals surface area contributed by atoms with E-state index in [1.165, 1.54) is 0 Å². The standard InChI is InChI=1S/C16H23N5O.2ClH/c1-13-19-14-4-2-3-5-15(14)21(13)12-16(22)18-8-11-20-9-6-17-7-10-20;;/h2-5,17H,6-12H2,1H3,(H,18,22);2*1H. The van der Waals surface area contributed by atoms with Crippen LogP contribution >= 0.6 is 24.8 Å². The fourth-order valence-corrected chi connectivity index (χ4v) is 2.88. The van der Waals surface area contributed by atoms with Crippen LogP contribution in [-0.4, -0.2) is 59.6 Å². The molecule has 8 heteroatoms. The van der Waals surface area contributed by atoms with E-state index in [1.807, 2.05) is 35.8 Å². The Morgan fingerprint density at radius 3 is 2.71 bits per heavy atom. The highest BCUT2D eigenvalue weighted by Gasteiger charge is 2.12. The van der Waals surface area contributed by atoms with Gasteiger partial charge in [0.1, 0.15) is 12.4 Å². The number of aromatic nitrogens is 2. The van der Waals surface area contributed by atoms with Gasteiger partial charge in [-0.05, 0) is 19.1 Å². The minimum absolute atomic E-state index is 0. The largest absolute Gasteiger partial charge is 0.353 e. The molecule has 1 amide bonds. The number of para-hydroxylation sites is 2. The lowest BCUT2D eigenvalue weighted by Crippen LogP contribution is -2.46. The van der Waals surface area contributed by atoms with Crippen molar-refractivity contribution in [2.45, 2.75) is 13.5 Å². The number of piperazine rings is 1. The van der Waals surface area contributed by atoms with E-state index in [9.17, 15) is 4.79 Å². The normalized spacial score (nSPS) is 14.7. The molecule has 1 fully saturated rings. The minimum atomic E-state index is 0. The van der Waals surface area contributed by atoms with Gasteiger partial charge in [-0.2, -0.15) is 0 Å². The lowest BCUT2D eigenvalue weighted by Gasteiger charge is -2.27. The summed E-state index contributed by atoms with van der Waals surface area (Å²) in [7, 11) is 0. The topological polar surface area (TPSA) is 62.2 Å². The quantitative estimate of drug-likeness (QED) is 0.826. The Morgan fingerprint density at radius 2 is 1.96 bits per heavy atom. The first-order chi connectivity index (χ1) is 10.7. The molecular formula is C16H25Cl2N5O. The van der Waals surface area contributed by atoms with Gasteiger partial charge in [0, 0.05) is 39.3 Å². The predicted molar refractivity (Wildman–Crippen MR) is 101 cm³/mol. The van der Waals surface area contributed by atoms with Gasteiger partial charge in [0.15, 0.2) is 0 Å². The van der Waals surface area contributed by atoms with Gasteiger partial charge in [0.2, 0.25) is 5.91 Å². The molecule has 1 saturated heterocycles. The number of benzene rings is 1. The zero-order valence-electron chi connectivity index (χ0n) is 13.8. The van der Waals surface area contributed by atoms with Gasteiger partial charge in [-0.3, -0.25) is 9.69 Å². The first-order valence-corrected chi connectivity index (χ1v) is 7.86. The van der Waals surface area contributed by atoms with Gasteiger partial charge in [-0.1, -0.05) is 12.1 Å². The van der Waals surface area contributed by atoms with Gasteiger partial charge in [0.05, 0.1) is 11.0 Å². The van der Waals surface area contributed by atoms with Crippen LogP contribution < -0.4 is 10.6 Å². The molecule has 2 aromatic rings. The third-order valence-electron chi connectivity index (χ3n) is 4.11. The zero-order valence-corrected chi connectivity index (χ0v) is 15.5. The summed E-state index contributed by atoms with van der Waals surface area (Å²) in [5.41, 5.74) is 1.95. The number of nitrogens with one attached hydrogen (secondary N) is 2. The predicted octanol–water partition coefficient (Wildman–Crippen LogP) is 1.21. The van der Waals surface area contributed by atoms with Gasteiger partial charge < -0.3 is 15.2 Å². The molecule has 2 N–H and O–H groups in total. The molecule has 134 valence electrons. The van der Waals surface area contributed by atoms with Crippen LogP contribution in [0.4, 0.5) is 0 Å². The monoisotopic (exact) mass is 373 g/mol. The molecule has 1 aromatic carbocycles. The highest BCUT2D eigenvalue weighted by molar-refractivity contribution is 5.85. The Kier molecular flexibility index (Phi) is 8.48. The van der Waals surface area contributed by atoms with Crippen molar-refractivity contribution in [1.82, 2.24) is 25.1 Å². The van der Waals surface area contributed by atoms with Crippen LogP contribution in [0.15, 0.2) is 24.3 Å². The van der Waals surface area contributed by atoms with Crippen LogP contribution in [0, 0.1) is 6.92 Å². The summed E-state index contributed by atoms with van der Waals surface area (Å²) in [5, 5.41) is 6.34. The summed E-state index contributed by atoms with van der Waals surface area (Å²) < 4.78 is 1.97. The van der Waals surface area contributed by atoms with E-state index in [1.54, 1.807) is 0 Å². The molecule has 0 atom stereocenters. The number of carbonyl (C=O) groups is 1. The number of rotatable bonds is 5. The second-order valence-electron chi connectivity index (χ2n) is 5.68. The molecule has 0 aliphatic carbocycles. The summed E-state index contributed by atoms with van der Waals surface area (Å²) in [4.78, 5) is 19.0. The summed E-state index contributed by atoms with van der Waals surface area (Å²) in [5.74, 6) is 0.917. The maximum atomic E-state index is 12.2. The Balaban J connectivity index is 0.00000144. The number of nitrogens with zero attached hydrogens (tertiary/aromatic N) is 3. The molecule has 1 aromatic heterocycles. The number of imidazole rings is 1. The third kappa shape index (κ3) is 5.08. The summed E-state index contributed by atoms with van der Waals surface area (Å²) in [6.07, 6.45) is 0. The zero-order chi connectivity index (χ0) is 15.4. The smallest absolute Gasteiger partial charge is 0.240 e. The van der Waals surface area contributed by atoms with E-state index >= 15 is 0 Å². The van der Waals surface area contributed by atoms with E-state index in [0.29, 0.717) is 13.1 Å². The number of halogens is 2. The Hall–Kier alpha value is -1.34. The summed E-state index contributed by atoms with van der Waals surface area (Å²) >= 11 is 0. The van der Waals surface area contributed by atoms with E-state index in [4.69, 9.17) is 0 Å². The van der Waals surface area contributed by atoms with Crippen molar-refractivity contribution < 1.29 is 4.79 Å². The highest BCUT2D eigenvalue weighted by Crippen LogP contribution is 2.14. The van der Waals surface area contributed by atoms with Gasteiger partial charge in [-0.15, -0.1) is 24.8 Å². The minimum Gasteiger partial charge on any atom is -0.353 e. The lowest BCUT2D eigenvalue weighted by molar-refractivity contribution is -0.121. The molecule has 0 radical (unpaired) electrons. The summed E-state index contributed by atoms with van der Waals surface area (Å²) in [6, 6.07) is 7.92. The number of aryl methyl sites for hydroxylation is 1.